The van der Waals surface area contributed by atoms with Gasteiger partial charge >= 0.3 is 0 Å². The van der Waals surface area contributed by atoms with Gasteiger partial charge in [0.25, 0.3) is 5.91 Å². The predicted molar refractivity (Wildman–Crippen MR) is 173 cm³/mol. The molecule has 3 N–H and O–H groups in total. The predicted octanol–water partition coefficient (Wildman–Crippen LogP) is 3.54. The number of carbonyl (C=O) groups excluding carboxylic acids is 3. The molecule has 1 saturated heterocycles. The minimum absolute atomic E-state index is 0.0129. The first kappa shape index (κ1) is 31.0. The highest BCUT2D eigenvalue weighted by atomic mass is 35.5. The van der Waals surface area contributed by atoms with E-state index in [1.165, 1.54) is 0 Å². The number of rotatable bonds is 8. The first-order chi connectivity index (χ1) is 21.7. The van der Waals surface area contributed by atoms with Gasteiger partial charge in [-0.25, -0.2) is 0 Å². The number of halogens is 1. The summed E-state index contributed by atoms with van der Waals surface area (Å²) in [4.78, 5) is 44.8. The number of fused-ring (bicyclic) bond motifs is 2. The Balaban J connectivity index is 1.20. The fourth-order valence-corrected chi connectivity index (χ4v) is 6.81. The van der Waals surface area contributed by atoms with E-state index in [2.05, 4.69) is 5.32 Å². The van der Waals surface area contributed by atoms with Crippen molar-refractivity contribution in [1.29, 1.82) is 0 Å². The number of nitrogens with one attached hydrogen (secondary N) is 1. The molecular weight excluding hydrogens is 592 g/mol. The fourth-order valence-electron chi connectivity index (χ4n) is 6.63. The van der Waals surface area contributed by atoms with Gasteiger partial charge in [-0.3, -0.25) is 14.4 Å². The van der Waals surface area contributed by atoms with Gasteiger partial charge in [-0.2, -0.15) is 0 Å². The van der Waals surface area contributed by atoms with Crippen LogP contribution in [0.2, 0.25) is 5.02 Å². The zero-order chi connectivity index (χ0) is 31.7. The highest BCUT2D eigenvalue weighted by Crippen LogP contribution is 2.47. The van der Waals surface area contributed by atoms with Crippen LogP contribution in [0.1, 0.15) is 35.6 Å². The van der Waals surface area contributed by atoms with Gasteiger partial charge in [-0.15, -0.1) is 0 Å². The van der Waals surface area contributed by atoms with Gasteiger partial charge in [-0.1, -0.05) is 67.1 Å². The van der Waals surface area contributed by atoms with Crippen molar-refractivity contribution in [3.63, 3.8) is 0 Å². The molecule has 0 bridgehead atoms. The molecule has 9 nitrogen and oxygen atoms in total. The molecule has 45 heavy (non-hydrogen) atoms. The molecule has 3 aromatic rings. The molecule has 3 heterocycles. The summed E-state index contributed by atoms with van der Waals surface area (Å²) in [6.07, 6.45) is 4.05. The number of hydrogen-bond donors (Lipinski definition) is 3. The van der Waals surface area contributed by atoms with Crippen molar-refractivity contribution in [1.82, 2.24) is 10.2 Å². The van der Waals surface area contributed by atoms with Gasteiger partial charge in [0.05, 0.1) is 31.4 Å². The lowest BCUT2D eigenvalue weighted by Crippen LogP contribution is -2.48. The Morgan fingerprint density at radius 1 is 1.11 bits per heavy atom. The number of benzene rings is 3. The van der Waals surface area contributed by atoms with E-state index < -0.39 is 17.4 Å². The summed E-state index contributed by atoms with van der Waals surface area (Å²) in [5, 5.41) is 25.5. The van der Waals surface area contributed by atoms with E-state index in [1.54, 1.807) is 52.0 Å². The molecule has 3 aliphatic heterocycles. The molecule has 0 spiro atoms. The summed E-state index contributed by atoms with van der Waals surface area (Å²) in [6, 6.07) is 20.2. The van der Waals surface area contributed by atoms with Gasteiger partial charge in [0.15, 0.2) is 5.60 Å². The van der Waals surface area contributed by atoms with E-state index >= 15 is 0 Å². The number of carbonyl (C=O) groups is 3. The van der Waals surface area contributed by atoms with E-state index in [0.29, 0.717) is 42.3 Å². The van der Waals surface area contributed by atoms with Gasteiger partial charge in [-0.05, 0) is 53.4 Å². The Hall–Kier alpha value is -4.02. The second kappa shape index (κ2) is 12.8. The number of hydrogen-bond acceptors (Lipinski definition) is 6. The highest BCUT2D eigenvalue weighted by molar-refractivity contribution is 6.31. The molecule has 0 radical (unpaired) electrons. The summed E-state index contributed by atoms with van der Waals surface area (Å²) < 4.78 is 0. The minimum atomic E-state index is -1.90. The Bertz CT molecular complexity index is 1660. The van der Waals surface area contributed by atoms with Crippen LogP contribution in [-0.2, 0) is 39.5 Å². The largest absolute Gasteiger partial charge is 0.394 e. The minimum Gasteiger partial charge on any atom is -0.394 e. The van der Waals surface area contributed by atoms with Gasteiger partial charge in [0.1, 0.15) is 0 Å². The van der Waals surface area contributed by atoms with Crippen molar-refractivity contribution in [2.75, 3.05) is 36.0 Å². The lowest BCUT2D eigenvalue weighted by molar-refractivity contribution is -0.139. The first-order valence-corrected chi connectivity index (χ1v) is 15.7. The number of anilines is 2. The van der Waals surface area contributed by atoms with Crippen LogP contribution in [0.3, 0.4) is 0 Å². The van der Waals surface area contributed by atoms with E-state index in [9.17, 15) is 24.6 Å². The average Bonchev–Trinajstić information content (AvgIpc) is 3.26. The molecule has 0 aromatic heterocycles. The topological polar surface area (TPSA) is 113 Å². The smallest absolute Gasteiger partial charge is 0.264 e. The van der Waals surface area contributed by atoms with Crippen LogP contribution in [0.25, 0.3) is 0 Å². The summed E-state index contributed by atoms with van der Waals surface area (Å²) >= 11 is 6.35. The van der Waals surface area contributed by atoms with Crippen LogP contribution < -0.4 is 15.1 Å². The Morgan fingerprint density at radius 3 is 2.69 bits per heavy atom. The number of aliphatic hydroxyl groups excluding tert-OH is 1. The maximum Gasteiger partial charge on any atom is 0.264 e. The molecule has 1 fully saturated rings. The van der Waals surface area contributed by atoms with Crippen LogP contribution in [0.4, 0.5) is 11.4 Å². The number of amides is 3. The normalized spacial score (nSPS) is 22.1. The Kier molecular flexibility index (Phi) is 8.79. The van der Waals surface area contributed by atoms with Gasteiger partial charge < -0.3 is 30.2 Å². The lowest BCUT2D eigenvalue weighted by Gasteiger charge is -2.36. The molecule has 3 aliphatic rings. The number of piperazine rings is 1. The Labute approximate surface area is 267 Å². The van der Waals surface area contributed by atoms with Crippen LogP contribution in [-0.4, -0.2) is 65.1 Å². The highest BCUT2D eigenvalue weighted by Gasteiger charge is 2.52. The molecule has 234 valence electrons. The lowest BCUT2D eigenvalue weighted by atomic mass is 9.83. The van der Waals surface area contributed by atoms with Crippen LogP contribution >= 0.6 is 11.6 Å². The SMILES string of the molecule is C[C@@H](/C=C/CC(=O)N1Cc2ccccc2C[C@H]1CO)[C@]1(O)C(=O)N(Cc2cccc(N3CCNCC3=O)c2)c2ccc(Cl)cc21. The molecule has 3 amide bonds. The monoisotopic (exact) mass is 628 g/mol. The zero-order valence-electron chi connectivity index (χ0n) is 25.2. The van der Waals surface area contributed by atoms with Crippen molar-refractivity contribution in [3.8, 4) is 0 Å². The fraction of sp³-hybridized carbons (Fsp3) is 0.343. The summed E-state index contributed by atoms with van der Waals surface area (Å²) in [6.45, 7) is 3.78. The molecule has 6 rings (SSSR count). The van der Waals surface area contributed by atoms with Crippen LogP contribution in [0, 0.1) is 5.92 Å². The third-order valence-electron chi connectivity index (χ3n) is 9.15. The third kappa shape index (κ3) is 5.89. The first-order valence-electron chi connectivity index (χ1n) is 15.3. The molecular formula is C35H37ClN4O5. The van der Waals surface area contributed by atoms with E-state index in [-0.39, 0.29) is 44.0 Å². The van der Waals surface area contributed by atoms with Gasteiger partial charge in [0, 0.05) is 48.2 Å². The maximum absolute atomic E-state index is 14.0. The molecule has 0 saturated carbocycles. The van der Waals surface area contributed by atoms with E-state index in [4.69, 9.17) is 11.6 Å². The van der Waals surface area contributed by atoms with Crippen LogP contribution in [0.5, 0.6) is 0 Å². The van der Waals surface area contributed by atoms with Crippen molar-refractivity contribution in [3.05, 3.63) is 106 Å². The molecule has 10 heteroatoms. The van der Waals surface area contributed by atoms with E-state index in [1.807, 2.05) is 48.5 Å². The van der Waals surface area contributed by atoms with Crippen molar-refractivity contribution in [2.24, 2.45) is 5.92 Å². The van der Waals surface area contributed by atoms with Crippen molar-refractivity contribution in [2.45, 2.75) is 44.5 Å². The molecule has 0 unspecified atom stereocenters. The van der Waals surface area contributed by atoms with Crippen LogP contribution in [0.15, 0.2) is 78.9 Å². The standard InChI is InChI=1S/C35H37ClN4O5/c1-23(6-4-11-32(42)39-21-26-9-3-2-8-25(26)17-29(39)22-41)35(45)30-18-27(36)12-13-31(30)40(34(35)44)20-24-7-5-10-28(16-24)38-15-14-37-19-33(38)43/h2-10,12-13,16,18,23,29,37,41,45H,11,14-15,17,19-22H2,1H3/b6-4+/t23-,29-,35+/m0/s1. The Morgan fingerprint density at radius 2 is 1.91 bits per heavy atom. The second-order valence-electron chi connectivity index (χ2n) is 12.0. The molecule has 3 atom stereocenters. The number of aliphatic hydroxyl groups is 2. The quantitative estimate of drug-likeness (QED) is 0.329. The maximum atomic E-state index is 14.0. The average molecular weight is 629 g/mol. The van der Waals surface area contributed by atoms with Crippen molar-refractivity contribution >= 4 is 40.7 Å². The summed E-state index contributed by atoms with van der Waals surface area (Å²) in [5.74, 6) is -1.31. The second-order valence-corrected chi connectivity index (χ2v) is 12.4. The molecule has 0 aliphatic carbocycles. The third-order valence-corrected chi connectivity index (χ3v) is 9.38. The number of nitrogens with zero attached hydrogens (tertiary/aromatic N) is 3. The van der Waals surface area contributed by atoms with Crippen molar-refractivity contribution < 1.29 is 24.6 Å². The van der Waals surface area contributed by atoms with E-state index in [0.717, 1.165) is 22.4 Å². The van der Waals surface area contributed by atoms with Gasteiger partial charge in [0.2, 0.25) is 11.8 Å². The summed E-state index contributed by atoms with van der Waals surface area (Å²) in [5.41, 5.74) is 2.85. The molecule has 3 aromatic carbocycles. The zero-order valence-corrected chi connectivity index (χ0v) is 25.9. The summed E-state index contributed by atoms with van der Waals surface area (Å²) in [7, 11) is 0.